The Morgan fingerprint density at radius 2 is 2.05 bits per heavy atom. The van der Waals surface area contributed by atoms with Crippen LogP contribution in [0.4, 0.5) is 11.4 Å². The van der Waals surface area contributed by atoms with Gasteiger partial charge in [0.25, 0.3) is 0 Å². The predicted molar refractivity (Wildman–Crippen MR) is 80.2 cm³/mol. The van der Waals surface area contributed by atoms with E-state index in [1.807, 2.05) is 0 Å². The van der Waals surface area contributed by atoms with Crippen molar-refractivity contribution in [3.05, 3.63) is 29.8 Å². The van der Waals surface area contributed by atoms with Crippen molar-refractivity contribution in [3.63, 3.8) is 0 Å². The van der Waals surface area contributed by atoms with E-state index in [9.17, 15) is 9.59 Å². The van der Waals surface area contributed by atoms with Crippen molar-refractivity contribution < 1.29 is 14.2 Å². The summed E-state index contributed by atoms with van der Waals surface area (Å²) >= 11 is 0. The van der Waals surface area contributed by atoms with E-state index in [2.05, 4.69) is 15.9 Å². The third-order valence-electron chi connectivity index (χ3n) is 2.36. The van der Waals surface area contributed by atoms with Crippen molar-refractivity contribution in [3.8, 4) is 0 Å². The highest BCUT2D eigenvalue weighted by molar-refractivity contribution is 6.33. The largest absolute Gasteiger partial charge is 0.436 e. The average molecular weight is 274 g/mol. The minimum Gasteiger partial charge on any atom is -0.422 e. The molecule has 1 radical (unpaired) electrons. The Morgan fingerprint density at radius 1 is 1.30 bits per heavy atom. The molecule has 0 aliphatic rings. The summed E-state index contributed by atoms with van der Waals surface area (Å²) in [5, 5.41) is 8.12. The Hall–Kier alpha value is -2.28. The highest BCUT2D eigenvalue weighted by Crippen LogP contribution is 2.23. The molecule has 7 heteroatoms. The fourth-order valence-electron chi connectivity index (χ4n) is 1.46. The third kappa shape index (κ3) is 5.15. The van der Waals surface area contributed by atoms with Gasteiger partial charge in [0.2, 0.25) is 11.8 Å². The summed E-state index contributed by atoms with van der Waals surface area (Å²) in [4.78, 5) is 22.3. The molecule has 0 aliphatic heterocycles. The first-order valence-electron chi connectivity index (χ1n) is 5.99. The van der Waals surface area contributed by atoms with Crippen LogP contribution in [-0.2, 0) is 14.2 Å². The molecule has 0 atom stereocenters. The molecule has 1 rings (SSSR count). The van der Waals surface area contributed by atoms with Crippen LogP contribution >= 0.6 is 0 Å². The molecule has 1 aromatic carbocycles. The second-order valence-electron chi connectivity index (χ2n) is 3.93. The Bertz CT molecular complexity index is 518. The lowest BCUT2D eigenvalue weighted by molar-refractivity contribution is -0.116. The molecule has 1 aromatic rings. The van der Waals surface area contributed by atoms with E-state index in [-0.39, 0.29) is 11.8 Å². The van der Waals surface area contributed by atoms with Crippen molar-refractivity contribution in [2.45, 2.75) is 6.92 Å². The summed E-state index contributed by atoms with van der Waals surface area (Å²) in [5.74, 6) is -0.354. The van der Waals surface area contributed by atoms with Gasteiger partial charge in [-0.15, -0.1) is 0 Å². The molecule has 2 amide bonds. The number of hydrogen-bond donors (Lipinski definition) is 3. The van der Waals surface area contributed by atoms with Crippen LogP contribution in [0.3, 0.4) is 0 Å². The maximum Gasteiger partial charge on any atom is 0.436 e. The first-order valence-corrected chi connectivity index (χ1v) is 5.99. The first kappa shape index (κ1) is 15.8. The van der Waals surface area contributed by atoms with Crippen LogP contribution in [0.1, 0.15) is 12.5 Å². The average Bonchev–Trinajstić information content (AvgIpc) is 2.43. The van der Waals surface area contributed by atoms with Gasteiger partial charge < -0.3 is 20.5 Å². The fraction of sp³-hybridized carbons (Fsp3) is 0.231. The van der Waals surface area contributed by atoms with Gasteiger partial charge in [-0.3, -0.25) is 9.59 Å². The van der Waals surface area contributed by atoms with Crippen molar-refractivity contribution in [1.29, 1.82) is 0 Å². The number of likely N-dealkylation sites (N-methyl/N-ethyl adjacent to an activating group) is 1. The zero-order valence-electron chi connectivity index (χ0n) is 11.7. The lowest BCUT2D eigenvalue weighted by Crippen LogP contribution is -2.14. The van der Waals surface area contributed by atoms with Crippen molar-refractivity contribution >= 4 is 36.9 Å². The molecule has 0 fully saturated rings. The van der Waals surface area contributed by atoms with Gasteiger partial charge in [-0.05, 0) is 23.8 Å². The number of carbonyl (C=O) groups excluding carboxylic acids is 2. The first-order chi connectivity index (χ1) is 9.56. The number of rotatable bonds is 6. The zero-order valence-corrected chi connectivity index (χ0v) is 11.7. The SMILES string of the molecule is CNC(=O)/C=C/c1ccc(NC(C)=O)c(N[B]OC)c1. The molecule has 0 spiro atoms. The lowest BCUT2D eigenvalue weighted by atomic mass is 10.1. The summed E-state index contributed by atoms with van der Waals surface area (Å²) in [6.45, 7) is 1.43. The molecule has 0 unspecified atom stereocenters. The predicted octanol–water partition coefficient (Wildman–Crippen LogP) is 0.997. The monoisotopic (exact) mass is 274 g/mol. The zero-order chi connectivity index (χ0) is 15.0. The minimum absolute atomic E-state index is 0.167. The Morgan fingerprint density at radius 3 is 2.65 bits per heavy atom. The molecule has 0 bridgehead atoms. The molecule has 3 N–H and O–H groups in total. The highest BCUT2D eigenvalue weighted by atomic mass is 16.4. The van der Waals surface area contributed by atoms with Crippen LogP contribution in [0.2, 0.25) is 0 Å². The lowest BCUT2D eigenvalue weighted by Gasteiger charge is -2.12. The van der Waals surface area contributed by atoms with E-state index in [1.54, 1.807) is 31.3 Å². The molecule has 0 saturated carbocycles. The van der Waals surface area contributed by atoms with Crippen LogP contribution in [0.15, 0.2) is 24.3 Å². The Balaban J connectivity index is 2.97. The van der Waals surface area contributed by atoms with Gasteiger partial charge in [0.05, 0.1) is 5.69 Å². The molecular formula is C13H17BN3O3. The van der Waals surface area contributed by atoms with Crippen LogP contribution in [-0.4, -0.2) is 33.6 Å². The fourth-order valence-corrected chi connectivity index (χ4v) is 1.46. The summed E-state index contributed by atoms with van der Waals surface area (Å²) in [6.07, 6.45) is 3.10. The highest BCUT2D eigenvalue weighted by Gasteiger charge is 2.05. The van der Waals surface area contributed by atoms with Crippen molar-refractivity contribution in [1.82, 2.24) is 5.32 Å². The van der Waals surface area contributed by atoms with E-state index in [1.165, 1.54) is 27.7 Å². The normalized spacial score (nSPS) is 10.2. The number of hydrogen-bond acceptors (Lipinski definition) is 4. The number of amides is 2. The quantitative estimate of drug-likeness (QED) is 0.534. The summed E-state index contributed by atoms with van der Waals surface area (Å²) in [5.41, 5.74) is 2.11. The van der Waals surface area contributed by atoms with Gasteiger partial charge in [0.1, 0.15) is 0 Å². The molecule has 105 valence electrons. The van der Waals surface area contributed by atoms with Gasteiger partial charge in [-0.2, -0.15) is 0 Å². The van der Waals surface area contributed by atoms with Crippen LogP contribution in [0, 0.1) is 0 Å². The molecule has 0 aliphatic carbocycles. The number of nitrogens with one attached hydrogen (secondary N) is 3. The van der Waals surface area contributed by atoms with Gasteiger partial charge in [0, 0.05) is 32.8 Å². The van der Waals surface area contributed by atoms with Gasteiger partial charge in [0.15, 0.2) is 0 Å². The van der Waals surface area contributed by atoms with E-state index < -0.39 is 0 Å². The molecule has 0 heterocycles. The number of carbonyl (C=O) groups is 2. The van der Waals surface area contributed by atoms with E-state index in [0.29, 0.717) is 11.4 Å². The number of anilines is 2. The minimum atomic E-state index is -0.186. The maximum absolute atomic E-state index is 11.2. The molecule has 0 saturated heterocycles. The molecule has 20 heavy (non-hydrogen) atoms. The second kappa shape index (κ2) is 8.01. The Kier molecular flexibility index (Phi) is 6.32. The van der Waals surface area contributed by atoms with Crippen LogP contribution in [0.25, 0.3) is 6.08 Å². The summed E-state index contributed by atoms with van der Waals surface area (Å²) in [6, 6.07) is 5.33. The van der Waals surface area contributed by atoms with Gasteiger partial charge in [-0.25, -0.2) is 0 Å². The van der Waals surface area contributed by atoms with Crippen LogP contribution in [0.5, 0.6) is 0 Å². The number of benzene rings is 1. The molecule has 6 nitrogen and oxygen atoms in total. The van der Waals surface area contributed by atoms with Gasteiger partial charge in [-0.1, -0.05) is 6.07 Å². The van der Waals surface area contributed by atoms with Crippen molar-refractivity contribution in [2.75, 3.05) is 24.7 Å². The molecular weight excluding hydrogens is 257 g/mol. The summed E-state index contributed by atoms with van der Waals surface area (Å²) in [7, 11) is 4.47. The smallest absolute Gasteiger partial charge is 0.422 e. The summed E-state index contributed by atoms with van der Waals surface area (Å²) < 4.78 is 4.83. The van der Waals surface area contributed by atoms with Gasteiger partial charge >= 0.3 is 7.62 Å². The topological polar surface area (TPSA) is 79.5 Å². The third-order valence-corrected chi connectivity index (χ3v) is 2.36. The van der Waals surface area contributed by atoms with E-state index >= 15 is 0 Å². The van der Waals surface area contributed by atoms with Crippen LogP contribution < -0.4 is 15.9 Å². The van der Waals surface area contributed by atoms with E-state index in [4.69, 9.17) is 4.65 Å². The molecule has 0 aromatic heterocycles. The standard InChI is InChI=1S/C13H17BN3O3/c1-9(18)16-11-6-4-10(5-7-13(19)15-2)8-12(11)17-14-20-3/h4-8,17H,1-3H3,(H,15,19)(H,16,18)/b7-5+. The van der Waals surface area contributed by atoms with E-state index in [0.717, 1.165) is 5.56 Å². The van der Waals surface area contributed by atoms with Crippen molar-refractivity contribution in [2.24, 2.45) is 0 Å². The Labute approximate surface area is 118 Å². The second-order valence-corrected chi connectivity index (χ2v) is 3.93. The maximum atomic E-state index is 11.2.